The molecule has 4 aliphatic rings. The third kappa shape index (κ3) is 10.8. The number of esters is 1. The lowest BCUT2D eigenvalue weighted by Gasteiger charge is -2.47. The molecule has 12 nitrogen and oxygen atoms in total. The molecule has 2 N–H and O–H groups in total. The number of carbonyl (C=O) groups is 4. The molecule has 4 rings (SSSR count). The fourth-order valence-corrected chi connectivity index (χ4v) is 9.08. The van der Waals surface area contributed by atoms with Crippen molar-refractivity contribution >= 4 is 23.4 Å². The van der Waals surface area contributed by atoms with Crippen LogP contribution in [-0.4, -0.2) is 115 Å². The molecule has 3 aliphatic heterocycles. The van der Waals surface area contributed by atoms with Gasteiger partial charge in [0.25, 0.3) is 11.7 Å². The molecule has 13 atom stereocenters. The maximum Gasteiger partial charge on any atom is 0.329 e. The lowest BCUT2D eigenvalue weighted by atomic mass is 9.82. The number of ketones is 2. The fraction of sp³-hybridized carbons (Fsp3) is 0.767. The van der Waals surface area contributed by atoms with Crippen LogP contribution < -0.4 is 0 Å². The van der Waals surface area contributed by atoms with Crippen molar-refractivity contribution in [3.8, 4) is 0 Å². The molecule has 3 heterocycles. The molecule has 310 valence electrons. The second-order valence-corrected chi connectivity index (χ2v) is 16.7. The number of fused-ring (bicyclic) bond motifs is 3. The predicted octanol–water partition coefficient (Wildman–Crippen LogP) is 5.28. The van der Waals surface area contributed by atoms with Gasteiger partial charge in [0.2, 0.25) is 5.79 Å². The number of cyclic esters (lactones) is 1. The fourth-order valence-electron chi connectivity index (χ4n) is 9.08. The Morgan fingerprint density at radius 1 is 0.964 bits per heavy atom. The Kier molecular flexibility index (Phi) is 16.4. The Morgan fingerprint density at radius 2 is 1.64 bits per heavy atom. The van der Waals surface area contributed by atoms with E-state index >= 15 is 0 Å². The lowest BCUT2D eigenvalue weighted by Crippen LogP contribution is -2.64. The van der Waals surface area contributed by atoms with Crippen LogP contribution in [0.15, 0.2) is 35.5 Å². The van der Waals surface area contributed by atoms with Gasteiger partial charge in [-0.1, -0.05) is 51.5 Å². The van der Waals surface area contributed by atoms with Crippen LogP contribution in [0, 0.1) is 29.6 Å². The molecule has 1 saturated carbocycles. The smallest absolute Gasteiger partial charge is 0.329 e. The number of ether oxygens (including phenoxy) is 5. The van der Waals surface area contributed by atoms with Gasteiger partial charge in [-0.05, 0) is 102 Å². The molecule has 0 aromatic carbocycles. The summed E-state index contributed by atoms with van der Waals surface area (Å²) in [7, 11) is 4.68. The Balaban J connectivity index is 1.76. The van der Waals surface area contributed by atoms with Crippen LogP contribution in [0.5, 0.6) is 0 Å². The van der Waals surface area contributed by atoms with E-state index in [1.54, 1.807) is 40.4 Å². The largest absolute Gasteiger partial charge is 0.456 e. The highest BCUT2D eigenvalue weighted by atomic mass is 16.7. The van der Waals surface area contributed by atoms with Crippen LogP contribution in [-0.2, 0) is 42.9 Å². The number of hydrogen-bond donors (Lipinski definition) is 2. The van der Waals surface area contributed by atoms with E-state index in [9.17, 15) is 29.4 Å². The second kappa shape index (κ2) is 20.1. The summed E-state index contributed by atoms with van der Waals surface area (Å²) in [5.41, 5.74) is 1.82. The summed E-state index contributed by atoms with van der Waals surface area (Å²) in [6.45, 7) is 11.6. The van der Waals surface area contributed by atoms with Crippen molar-refractivity contribution in [1.82, 2.24) is 4.90 Å². The zero-order valence-corrected chi connectivity index (χ0v) is 34.5. The number of aliphatic hydroxyl groups is 2. The quantitative estimate of drug-likeness (QED) is 0.206. The van der Waals surface area contributed by atoms with Crippen LogP contribution in [0.4, 0.5) is 0 Å². The summed E-state index contributed by atoms with van der Waals surface area (Å²) in [5, 5.41) is 22.4. The van der Waals surface area contributed by atoms with E-state index in [1.165, 1.54) is 4.90 Å². The minimum Gasteiger partial charge on any atom is -0.456 e. The first kappa shape index (κ1) is 45.0. The van der Waals surface area contributed by atoms with Crippen molar-refractivity contribution in [3.05, 3.63) is 35.5 Å². The van der Waals surface area contributed by atoms with Gasteiger partial charge >= 0.3 is 5.97 Å². The Morgan fingerprint density at radius 3 is 2.29 bits per heavy atom. The Bertz CT molecular complexity index is 1440. The van der Waals surface area contributed by atoms with Gasteiger partial charge in [0.05, 0.1) is 24.4 Å². The number of rotatable bonds is 6. The minimum atomic E-state index is -2.47. The highest BCUT2D eigenvalue weighted by Gasteiger charge is 2.56. The molecule has 12 heteroatoms. The second-order valence-electron chi connectivity index (χ2n) is 16.7. The summed E-state index contributed by atoms with van der Waals surface area (Å²) < 4.78 is 29.8. The van der Waals surface area contributed by atoms with Gasteiger partial charge in [0.15, 0.2) is 5.78 Å². The van der Waals surface area contributed by atoms with Gasteiger partial charge in [-0.15, -0.1) is 0 Å². The van der Waals surface area contributed by atoms with E-state index in [-0.39, 0.29) is 49.0 Å². The van der Waals surface area contributed by atoms with E-state index in [0.29, 0.717) is 44.9 Å². The number of amides is 1. The van der Waals surface area contributed by atoms with E-state index in [2.05, 4.69) is 13.0 Å². The SMILES string of the molecule is CC[C@@H]1/C=C(\C)C[C@H](C)C[C@@H](OC)[C@H]2O[C@@](O)(C(=O)C(=O)N3CCCC[C@H]3C(=O)O[C@H](/C(C)=C/[C@@H]3CC[C@@H](O)[C@H](OC)C3)[C@H](C)/C=C/C1=O)[C@H](C)C[C@@H]2OC. The van der Waals surface area contributed by atoms with Crippen molar-refractivity contribution < 1.29 is 53.1 Å². The molecule has 3 fully saturated rings. The number of allylic oxidation sites excluding steroid dienone is 4. The van der Waals surface area contributed by atoms with Gasteiger partial charge in [-0.3, -0.25) is 14.4 Å². The average Bonchev–Trinajstić information content (AvgIpc) is 3.17. The third-order valence-corrected chi connectivity index (χ3v) is 12.4. The summed E-state index contributed by atoms with van der Waals surface area (Å²) in [4.78, 5) is 57.5. The molecule has 0 radical (unpaired) electrons. The molecule has 1 amide bonds. The number of methoxy groups -OCH3 is 3. The number of aliphatic hydroxyl groups excluding tert-OH is 1. The van der Waals surface area contributed by atoms with E-state index in [1.807, 2.05) is 33.8 Å². The van der Waals surface area contributed by atoms with E-state index in [4.69, 9.17) is 23.7 Å². The topological polar surface area (TPSA) is 158 Å². The number of carbonyl (C=O) groups excluding carboxylic acids is 4. The first-order chi connectivity index (χ1) is 26.1. The predicted molar refractivity (Wildman–Crippen MR) is 207 cm³/mol. The van der Waals surface area contributed by atoms with Crippen LogP contribution in [0.2, 0.25) is 0 Å². The normalized spacial score (nSPS) is 41.0. The van der Waals surface area contributed by atoms with Gasteiger partial charge in [0, 0.05) is 45.6 Å². The molecule has 2 bridgehead atoms. The van der Waals surface area contributed by atoms with Crippen molar-refractivity contribution in [1.29, 1.82) is 0 Å². The van der Waals surface area contributed by atoms with E-state index < -0.39 is 71.8 Å². The number of hydrogen-bond acceptors (Lipinski definition) is 11. The molecule has 0 aromatic heterocycles. The summed E-state index contributed by atoms with van der Waals surface area (Å²) >= 11 is 0. The standard InChI is InChI=1S/C43H67NO11/c1-10-31-20-25(2)19-26(3)21-36(52-8)39-37(53-9)23-29(6)43(50,55-39)40(47)41(48)44-18-12-11-13-32(44)42(49)54-38(27(4)14-16-33(31)45)28(5)22-30-15-17-34(46)35(24-30)51-7/h14,16,20,22,26-27,29-32,34-39,46,50H,10-13,15,17-19,21,23-24H2,1-9H3/b16-14+,25-20+,28-22+/t26-,27+,29+,30-,31+,32-,34+,35+,36+,37-,38-,39+,43+/m0/s1. The molecular formula is C43H67NO11. The van der Waals surface area contributed by atoms with Gasteiger partial charge < -0.3 is 38.8 Å². The Hall–Kier alpha value is -2.74. The third-order valence-electron chi connectivity index (χ3n) is 12.4. The van der Waals surface area contributed by atoms with Crippen LogP contribution >= 0.6 is 0 Å². The minimum absolute atomic E-state index is 0.0487. The number of piperidine rings is 1. The van der Waals surface area contributed by atoms with Crippen molar-refractivity contribution in [2.24, 2.45) is 29.6 Å². The van der Waals surface area contributed by atoms with Crippen LogP contribution in [0.3, 0.4) is 0 Å². The highest BCUT2D eigenvalue weighted by molar-refractivity contribution is 6.39. The van der Waals surface area contributed by atoms with Crippen LogP contribution in [0.25, 0.3) is 0 Å². The van der Waals surface area contributed by atoms with Crippen molar-refractivity contribution in [2.75, 3.05) is 27.9 Å². The molecule has 0 unspecified atom stereocenters. The first-order valence-corrected chi connectivity index (χ1v) is 20.4. The maximum atomic E-state index is 14.2. The first-order valence-electron chi connectivity index (χ1n) is 20.4. The van der Waals surface area contributed by atoms with Crippen molar-refractivity contribution in [2.45, 2.75) is 154 Å². The zero-order valence-electron chi connectivity index (χ0n) is 34.5. The van der Waals surface area contributed by atoms with Gasteiger partial charge in [-0.25, -0.2) is 4.79 Å². The summed E-state index contributed by atoms with van der Waals surface area (Å²) in [5.74, 6) is -6.74. The molecule has 2 saturated heterocycles. The molecule has 55 heavy (non-hydrogen) atoms. The van der Waals surface area contributed by atoms with Crippen molar-refractivity contribution in [3.63, 3.8) is 0 Å². The van der Waals surface area contributed by atoms with Gasteiger partial charge in [0.1, 0.15) is 18.2 Å². The van der Waals surface area contributed by atoms with Gasteiger partial charge in [-0.2, -0.15) is 0 Å². The number of nitrogens with zero attached hydrogens (tertiary/aromatic N) is 1. The number of Topliss-reactive ketones (excluding diaryl/α,β-unsaturated/α-hetero) is 1. The van der Waals surface area contributed by atoms with E-state index in [0.717, 1.165) is 17.6 Å². The maximum absolute atomic E-state index is 14.2. The highest BCUT2D eigenvalue weighted by Crippen LogP contribution is 2.39. The monoisotopic (exact) mass is 773 g/mol. The zero-order chi connectivity index (χ0) is 40.6. The molecule has 0 aromatic rings. The summed E-state index contributed by atoms with van der Waals surface area (Å²) in [6.07, 6.45) is 9.26. The molecular weight excluding hydrogens is 706 g/mol. The molecule has 1 aliphatic carbocycles. The summed E-state index contributed by atoms with van der Waals surface area (Å²) in [6, 6.07) is -1.06. The Labute approximate surface area is 328 Å². The lowest BCUT2D eigenvalue weighted by molar-refractivity contribution is -0.302. The van der Waals surface area contributed by atoms with Crippen LogP contribution in [0.1, 0.15) is 106 Å². The molecule has 0 spiro atoms. The average molecular weight is 774 g/mol.